The summed E-state index contributed by atoms with van der Waals surface area (Å²) < 4.78 is 11.4. The molecule has 0 spiro atoms. The molecule has 0 aliphatic heterocycles. The van der Waals surface area contributed by atoms with Crippen LogP contribution in [0.15, 0.2) is 103 Å². The number of benzene rings is 4. The van der Waals surface area contributed by atoms with Crippen LogP contribution in [0.4, 0.5) is 0 Å². The Bertz CT molecular complexity index is 1250. The number of carbonyl (C=O) groups is 1. The normalized spacial score (nSPS) is 17.0. The second kappa shape index (κ2) is 9.96. The van der Waals surface area contributed by atoms with Gasteiger partial charge in [-0.15, -0.1) is 0 Å². The standard InChI is InChI=1S/C31H28O3/c1-22(32)34-27-15-12-25(13-16-27)31-29(24-10-6-3-7-11-24)18-14-26-20-28(17-19-30(26)31)33-21-23-8-4-2-5-9-23/h2-13,15-17,19-20,29,31H,14,18,21H2,1H3/t29-,31+/m1/s1. The summed E-state index contributed by atoms with van der Waals surface area (Å²) in [5.74, 6) is 1.78. The van der Waals surface area contributed by atoms with Gasteiger partial charge in [0.25, 0.3) is 0 Å². The molecule has 4 aromatic rings. The molecule has 0 amide bonds. The minimum atomic E-state index is -0.305. The van der Waals surface area contributed by atoms with Crippen LogP contribution in [0.2, 0.25) is 0 Å². The van der Waals surface area contributed by atoms with Crippen molar-refractivity contribution in [1.82, 2.24) is 0 Å². The maximum absolute atomic E-state index is 11.3. The molecule has 0 unspecified atom stereocenters. The Balaban J connectivity index is 1.46. The first kappa shape index (κ1) is 22.0. The Morgan fingerprint density at radius 2 is 1.47 bits per heavy atom. The van der Waals surface area contributed by atoms with Crippen LogP contribution in [-0.4, -0.2) is 5.97 Å². The fraction of sp³-hybridized carbons (Fsp3) is 0.194. The predicted molar refractivity (Wildman–Crippen MR) is 134 cm³/mol. The topological polar surface area (TPSA) is 35.5 Å². The quantitative estimate of drug-likeness (QED) is 0.234. The minimum absolute atomic E-state index is 0.223. The SMILES string of the molecule is CC(=O)Oc1ccc([C@@H]2c3ccc(OCc4ccccc4)cc3CC[C@@H]2c2ccccc2)cc1. The van der Waals surface area contributed by atoms with Crippen LogP contribution in [0.3, 0.4) is 0 Å². The molecule has 4 aromatic carbocycles. The zero-order chi connectivity index (χ0) is 23.3. The van der Waals surface area contributed by atoms with Crippen LogP contribution in [0.5, 0.6) is 11.5 Å². The van der Waals surface area contributed by atoms with E-state index in [-0.39, 0.29) is 11.9 Å². The Morgan fingerprint density at radius 3 is 2.18 bits per heavy atom. The molecular weight excluding hydrogens is 420 g/mol. The van der Waals surface area contributed by atoms with E-state index < -0.39 is 0 Å². The zero-order valence-corrected chi connectivity index (χ0v) is 19.3. The van der Waals surface area contributed by atoms with Gasteiger partial charge in [-0.3, -0.25) is 4.79 Å². The van der Waals surface area contributed by atoms with Crippen molar-refractivity contribution >= 4 is 5.97 Å². The summed E-state index contributed by atoms with van der Waals surface area (Å²) in [6, 6.07) is 35.5. The average molecular weight is 449 g/mol. The summed E-state index contributed by atoms with van der Waals surface area (Å²) in [4.78, 5) is 11.3. The van der Waals surface area contributed by atoms with Gasteiger partial charge in [0.15, 0.2) is 0 Å². The van der Waals surface area contributed by atoms with Crippen molar-refractivity contribution in [2.24, 2.45) is 0 Å². The number of hydrogen-bond acceptors (Lipinski definition) is 3. The Morgan fingerprint density at radius 1 is 0.794 bits per heavy atom. The fourth-order valence-corrected chi connectivity index (χ4v) is 5.01. The molecule has 0 bridgehead atoms. The second-order valence-electron chi connectivity index (χ2n) is 8.83. The summed E-state index contributed by atoms with van der Waals surface area (Å²) in [6.07, 6.45) is 2.08. The van der Waals surface area contributed by atoms with Gasteiger partial charge >= 0.3 is 5.97 Å². The van der Waals surface area contributed by atoms with Gasteiger partial charge in [0.2, 0.25) is 0 Å². The summed E-state index contributed by atoms with van der Waals surface area (Å²) >= 11 is 0. The van der Waals surface area contributed by atoms with E-state index in [9.17, 15) is 4.79 Å². The lowest BCUT2D eigenvalue weighted by molar-refractivity contribution is -0.131. The third kappa shape index (κ3) is 4.89. The molecule has 1 aliphatic rings. The van der Waals surface area contributed by atoms with Crippen LogP contribution in [0.1, 0.15) is 53.0 Å². The highest BCUT2D eigenvalue weighted by atomic mass is 16.5. The Kier molecular flexibility index (Phi) is 6.44. The van der Waals surface area contributed by atoms with Gasteiger partial charge in [-0.1, -0.05) is 78.9 Å². The van der Waals surface area contributed by atoms with Gasteiger partial charge < -0.3 is 9.47 Å². The highest BCUT2D eigenvalue weighted by Gasteiger charge is 2.32. The average Bonchev–Trinajstić information content (AvgIpc) is 2.88. The maximum atomic E-state index is 11.3. The zero-order valence-electron chi connectivity index (χ0n) is 19.3. The molecule has 0 aromatic heterocycles. The molecular formula is C31H28O3. The monoisotopic (exact) mass is 448 g/mol. The van der Waals surface area contributed by atoms with Crippen molar-refractivity contribution in [2.45, 2.75) is 38.2 Å². The molecule has 3 heteroatoms. The number of carbonyl (C=O) groups excluding carboxylic acids is 1. The Labute approximate surface area is 201 Å². The van der Waals surface area contributed by atoms with Crippen molar-refractivity contribution in [1.29, 1.82) is 0 Å². The number of rotatable bonds is 6. The van der Waals surface area contributed by atoms with Crippen molar-refractivity contribution in [3.63, 3.8) is 0 Å². The lowest BCUT2D eigenvalue weighted by Crippen LogP contribution is -2.20. The highest BCUT2D eigenvalue weighted by molar-refractivity contribution is 5.69. The van der Waals surface area contributed by atoms with E-state index in [1.54, 1.807) is 0 Å². The van der Waals surface area contributed by atoms with E-state index in [1.165, 1.54) is 29.2 Å². The molecule has 0 radical (unpaired) electrons. The molecule has 1 aliphatic carbocycles. The van der Waals surface area contributed by atoms with Crippen LogP contribution in [0, 0.1) is 0 Å². The largest absolute Gasteiger partial charge is 0.489 e. The number of esters is 1. The van der Waals surface area contributed by atoms with Crippen LogP contribution in [-0.2, 0) is 17.8 Å². The van der Waals surface area contributed by atoms with E-state index >= 15 is 0 Å². The molecule has 0 saturated heterocycles. The molecule has 5 rings (SSSR count). The van der Waals surface area contributed by atoms with E-state index in [0.29, 0.717) is 18.3 Å². The number of aryl methyl sites for hydroxylation is 1. The molecule has 2 atom stereocenters. The minimum Gasteiger partial charge on any atom is -0.489 e. The van der Waals surface area contributed by atoms with Crippen molar-refractivity contribution in [3.8, 4) is 11.5 Å². The maximum Gasteiger partial charge on any atom is 0.308 e. The lowest BCUT2D eigenvalue weighted by atomic mass is 9.69. The number of fused-ring (bicyclic) bond motifs is 1. The summed E-state index contributed by atoms with van der Waals surface area (Å²) in [7, 11) is 0. The van der Waals surface area contributed by atoms with Gasteiger partial charge in [-0.25, -0.2) is 0 Å². The van der Waals surface area contributed by atoms with Crippen molar-refractivity contribution < 1.29 is 14.3 Å². The highest BCUT2D eigenvalue weighted by Crippen LogP contribution is 2.47. The van der Waals surface area contributed by atoms with Crippen molar-refractivity contribution in [3.05, 3.63) is 131 Å². The first-order chi connectivity index (χ1) is 16.7. The number of hydrogen-bond donors (Lipinski definition) is 0. The number of ether oxygens (including phenoxy) is 2. The third-order valence-corrected chi connectivity index (χ3v) is 6.55. The Hall–Kier alpha value is -3.85. The summed E-state index contributed by atoms with van der Waals surface area (Å²) in [5, 5.41) is 0. The molecule has 0 saturated carbocycles. The van der Waals surface area contributed by atoms with Crippen LogP contribution in [0.25, 0.3) is 0 Å². The fourth-order valence-electron chi connectivity index (χ4n) is 5.01. The van der Waals surface area contributed by atoms with E-state index in [4.69, 9.17) is 9.47 Å². The molecule has 0 fully saturated rings. The third-order valence-electron chi connectivity index (χ3n) is 6.55. The molecule has 34 heavy (non-hydrogen) atoms. The molecule has 0 heterocycles. The van der Waals surface area contributed by atoms with Gasteiger partial charge in [-0.05, 0) is 70.8 Å². The van der Waals surface area contributed by atoms with E-state index in [0.717, 1.165) is 24.2 Å². The van der Waals surface area contributed by atoms with E-state index in [1.807, 2.05) is 30.3 Å². The second-order valence-corrected chi connectivity index (χ2v) is 8.83. The van der Waals surface area contributed by atoms with Crippen LogP contribution >= 0.6 is 0 Å². The molecule has 3 nitrogen and oxygen atoms in total. The van der Waals surface area contributed by atoms with Gasteiger partial charge in [-0.2, -0.15) is 0 Å². The van der Waals surface area contributed by atoms with Crippen LogP contribution < -0.4 is 9.47 Å². The predicted octanol–water partition coefficient (Wildman–Crippen LogP) is 7.05. The summed E-state index contributed by atoms with van der Waals surface area (Å²) in [6.45, 7) is 1.99. The van der Waals surface area contributed by atoms with Gasteiger partial charge in [0, 0.05) is 12.8 Å². The van der Waals surface area contributed by atoms with E-state index in [2.05, 4.69) is 72.8 Å². The van der Waals surface area contributed by atoms with Gasteiger partial charge in [0.05, 0.1) is 0 Å². The lowest BCUT2D eigenvalue weighted by Gasteiger charge is -2.35. The molecule has 0 N–H and O–H groups in total. The smallest absolute Gasteiger partial charge is 0.308 e. The summed E-state index contributed by atoms with van der Waals surface area (Å²) in [5.41, 5.74) is 6.42. The first-order valence-corrected chi connectivity index (χ1v) is 11.8. The van der Waals surface area contributed by atoms with Gasteiger partial charge in [0.1, 0.15) is 18.1 Å². The van der Waals surface area contributed by atoms with Crippen molar-refractivity contribution in [2.75, 3.05) is 0 Å². The molecule has 170 valence electrons. The first-order valence-electron chi connectivity index (χ1n) is 11.8.